The van der Waals surface area contributed by atoms with Crippen molar-refractivity contribution in [2.75, 3.05) is 0 Å². The Morgan fingerprint density at radius 2 is 1.81 bits per heavy atom. The summed E-state index contributed by atoms with van der Waals surface area (Å²) in [6.07, 6.45) is 2.60. The third-order valence-corrected chi connectivity index (χ3v) is 6.27. The van der Waals surface area contributed by atoms with Crippen molar-refractivity contribution in [1.82, 2.24) is 4.57 Å². The van der Waals surface area contributed by atoms with Crippen LogP contribution in [0.25, 0.3) is 11.3 Å². The van der Waals surface area contributed by atoms with Crippen LogP contribution in [0.2, 0.25) is 0 Å². The Balaban J connectivity index is 2.10. The molecule has 2 aromatic carbocycles. The van der Waals surface area contributed by atoms with Gasteiger partial charge in [0.25, 0.3) is 10.0 Å². The molecule has 0 unspecified atom stereocenters. The van der Waals surface area contributed by atoms with Crippen molar-refractivity contribution in [3.8, 4) is 11.3 Å². The van der Waals surface area contributed by atoms with Crippen molar-refractivity contribution in [1.29, 1.82) is 0 Å². The standard InChI is InChI=1S/C20H20N2O2S2/c1-3-14-22-19(17-8-6-5-7-9-17)15-25-20(22)21-26(23,24)18-12-10-16(4-2)11-13-18/h3,5-13,15H,1,4,14H2,2H3/b21-20+. The molecule has 0 aliphatic rings. The zero-order chi connectivity index (χ0) is 18.6. The summed E-state index contributed by atoms with van der Waals surface area (Å²) in [6.45, 7) is 6.29. The van der Waals surface area contributed by atoms with Gasteiger partial charge in [0.1, 0.15) is 0 Å². The normalized spacial score (nSPS) is 12.3. The first-order chi connectivity index (χ1) is 12.5. The minimum Gasteiger partial charge on any atom is -0.312 e. The molecule has 0 N–H and O–H groups in total. The van der Waals surface area contributed by atoms with Crippen LogP contribution in [0, 0.1) is 0 Å². The number of sulfonamides is 1. The highest BCUT2D eigenvalue weighted by Gasteiger charge is 2.14. The van der Waals surface area contributed by atoms with E-state index in [2.05, 4.69) is 11.0 Å². The van der Waals surface area contributed by atoms with Crippen molar-refractivity contribution < 1.29 is 8.42 Å². The number of thiazole rings is 1. The van der Waals surface area contributed by atoms with Crippen molar-refractivity contribution in [2.24, 2.45) is 4.40 Å². The molecule has 6 heteroatoms. The molecule has 1 heterocycles. The Labute approximate surface area is 157 Å². The lowest BCUT2D eigenvalue weighted by molar-refractivity contribution is 0.595. The van der Waals surface area contributed by atoms with Gasteiger partial charge in [-0.1, -0.05) is 55.5 Å². The van der Waals surface area contributed by atoms with Crippen LogP contribution in [-0.2, 0) is 23.0 Å². The van der Waals surface area contributed by atoms with E-state index in [9.17, 15) is 8.42 Å². The second-order valence-corrected chi connectivity index (χ2v) is 8.17. The number of hydrogen-bond acceptors (Lipinski definition) is 3. The second kappa shape index (κ2) is 7.85. The molecule has 3 aromatic rings. The van der Waals surface area contributed by atoms with Gasteiger partial charge in [0.15, 0.2) is 0 Å². The molecule has 0 saturated heterocycles. The van der Waals surface area contributed by atoms with Crippen molar-refractivity contribution >= 4 is 21.4 Å². The topological polar surface area (TPSA) is 51.4 Å². The molecular weight excluding hydrogens is 364 g/mol. The third-order valence-electron chi connectivity index (χ3n) is 4.01. The Morgan fingerprint density at radius 3 is 2.42 bits per heavy atom. The van der Waals surface area contributed by atoms with E-state index in [-0.39, 0.29) is 4.90 Å². The van der Waals surface area contributed by atoms with Gasteiger partial charge in [0.2, 0.25) is 4.80 Å². The van der Waals surface area contributed by atoms with Gasteiger partial charge in [-0.2, -0.15) is 8.42 Å². The first kappa shape index (κ1) is 18.4. The maximum absolute atomic E-state index is 12.7. The zero-order valence-corrected chi connectivity index (χ0v) is 16.1. The minimum atomic E-state index is -3.77. The maximum Gasteiger partial charge on any atom is 0.285 e. The van der Waals surface area contributed by atoms with Crippen molar-refractivity contribution in [3.05, 3.63) is 83.0 Å². The number of hydrogen-bond donors (Lipinski definition) is 0. The van der Waals surface area contributed by atoms with Crippen LogP contribution in [0.3, 0.4) is 0 Å². The number of aryl methyl sites for hydroxylation is 1. The third kappa shape index (κ3) is 3.86. The minimum absolute atomic E-state index is 0.203. The average molecular weight is 385 g/mol. The predicted octanol–water partition coefficient (Wildman–Crippen LogP) is 4.25. The summed E-state index contributed by atoms with van der Waals surface area (Å²) in [7, 11) is -3.77. The van der Waals surface area contributed by atoms with Gasteiger partial charge in [-0.05, 0) is 29.7 Å². The van der Waals surface area contributed by atoms with Crippen molar-refractivity contribution in [3.63, 3.8) is 0 Å². The molecule has 3 rings (SSSR count). The fraction of sp³-hybridized carbons (Fsp3) is 0.150. The molecule has 26 heavy (non-hydrogen) atoms. The molecule has 0 saturated carbocycles. The summed E-state index contributed by atoms with van der Waals surface area (Å²) in [5, 5.41) is 1.92. The fourth-order valence-electron chi connectivity index (χ4n) is 2.60. The van der Waals surface area contributed by atoms with Crippen LogP contribution < -0.4 is 4.80 Å². The lowest BCUT2D eigenvalue weighted by atomic mass is 10.2. The highest BCUT2D eigenvalue weighted by molar-refractivity contribution is 7.90. The van der Waals surface area contributed by atoms with E-state index < -0.39 is 10.0 Å². The second-order valence-electron chi connectivity index (χ2n) is 5.73. The molecule has 0 atom stereocenters. The maximum atomic E-state index is 12.7. The van der Waals surface area contributed by atoms with Crippen LogP contribution in [-0.4, -0.2) is 13.0 Å². The van der Waals surface area contributed by atoms with Crippen LogP contribution in [0.5, 0.6) is 0 Å². The van der Waals surface area contributed by atoms with E-state index in [1.807, 2.05) is 59.3 Å². The first-order valence-corrected chi connectivity index (χ1v) is 10.6. The van der Waals surface area contributed by atoms with E-state index in [4.69, 9.17) is 0 Å². The highest BCUT2D eigenvalue weighted by Crippen LogP contribution is 2.20. The Hall–Kier alpha value is -2.44. The van der Waals surface area contributed by atoms with E-state index >= 15 is 0 Å². The number of aromatic nitrogens is 1. The monoisotopic (exact) mass is 384 g/mol. The zero-order valence-electron chi connectivity index (χ0n) is 14.5. The summed E-state index contributed by atoms with van der Waals surface area (Å²) >= 11 is 1.31. The van der Waals surface area contributed by atoms with Crippen LogP contribution in [0.15, 0.2) is 81.9 Å². The molecule has 0 fully saturated rings. The van der Waals surface area contributed by atoms with Gasteiger partial charge in [-0.15, -0.1) is 22.3 Å². The Bertz CT molecular complexity index is 1060. The van der Waals surface area contributed by atoms with Gasteiger partial charge in [0, 0.05) is 11.9 Å². The van der Waals surface area contributed by atoms with E-state index in [0.29, 0.717) is 11.3 Å². The lowest BCUT2D eigenvalue weighted by Crippen LogP contribution is -2.17. The SMILES string of the molecule is C=CCn1c(-c2ccccc2)cs/c1=N/S(=O)(=O)c1ccc(CC)cc1. The van der Waals surface area contributed by atoms with Crippen LogP contribution in [0.1, 0.15) is 12.5 Å². The summed E-state index contributed by atoms with van der Waals surface area (Å²) in [4.78, 5) is 0.637. The molecular formula is C20H20N2O2S2. The largest absolute Gasteiger partial charge is 0.312 e. The van der Waals surface area contributed by atoms with E-state index in [1.54, 1.807) is 18.2 Å². The van der Waals surface area contributed by atoms with Gasteiger partial charge in [-0.25, -0.2) is 0 Å². The molecule has 1 aromatic heterocycles. The molecule has 0 amide bonds. The quantitative estimate of drug-likeness (QED) is 0.597. The smallest absolute Gasteiger partial charge is 0.285 e. The van der Waals surface area contributed by atoms with Crippen LogP contribution in [0.4, 0.5) is 0 Å². The van der Waals surface area contributed by atoms with Gasteiger partial charge in [-0.3, -0.25) is 0 Å². The molecule has 0 radical (unpaired) electrons. The Morgan fingerprint density at radius 1 is 1.12 bits per heavy atom. The first-order valence-electron chi connectivity index (χ1n) is 8.29. The van der Waals surface area contributed by atoms with Crippen molar-refractivity contribution in [2.45, 2.75) is 24.8 Å². The number of allylic oxidation sites excluding steroid dienone is 1. The lowest BCUT2D eigenvalue weighted by Gasteiger charge is -2.06. The number of benzene rings is 2. The summed E-state index contributed by atoms with van der Waals surface area (Å²) in [5.41, 5.74) is 3.02. The summed E-state index contributed by atoms with van der Waals surface area (Å²) in [6, 6.07) is 16.7. The van der Waals surface area contributed by atoms with Gasteiger partial charge in [0.05, 0.1) is 10.6 Å². The predicted molar refractivity (Wildman–Crippen MR) is 107 cm³/mol. The Kier molecular flexibility index (Phi) is 5.54. The highest BCUT2D eigenvalue weighted by atomic mass is 32.2. The summed E-state index contributed by atoms with van der Waals surface area (Å²) in [5.74, 6) is 0. The van der Waals surface area contributed by atoms with Gasteiger partial charge >= 0.3 is 0 Å². The summed E-state index contributed by atoms with van der Waals surface area (Å²) < 4.78 is 31.4. The number of rotatable bonds is 6. The van der Waals surface area contributed by atoms with E-state index in [1.165, 1.54) is 11.3 Å². The number of nitrogens with zero attached hydrogens (tertiary/aromatic N) is 2. The molecule has 0 spiro atoms. The van der Waals surface area contributed by atoms with Gasteiger partial charge < -0.3 is 4.57 Å². The molecule has 0 bridgehead atoms. The molecule has 0 aliphatic carbocycles. The molecule has 4 nitrogen and oxygen atoms in total. The fourth-order valence-corrected chi connectivity index (χ4v) is 4.74. The molecule has 134 valence electrons. The van der Waals surface area contributed by atoms with E-state index in [0.717, 1.165) is 23.2 Å². The average Bonchev–Trinajstić information content (AvgIpc) is 3.04. The molecule has 0 aliphatic heterocycles. The van der Waals surface area contributed by atoms with Crippen LogP contribution >= 0.6 is 11.3 Å².